The number of rotatable bonds is 8. The first-order valence-corrected chi connectivity index (χ1v) is 8.81. The summed E-state index contributed by atoms with van der Waals surface area (Å²) in [5.74, 6) is 1.09. The molecule has 0 heterocycles. The largest absolute Gasteiger partial charge is 0.491 e. The second kappa shape index (κ2) is 8.08. The Morgan fingerprint density at radius 1 is 1.10 bits per heavy atom. The van der Waals surface area contributed by atoms with E-state index in [1.54, 1.807) is 12.1 Å². The third-order valence-electron chi connectivity index (χ3n) is 2.50. The van der Waals surface area contributed by atoms with Crippen LogP contribution in [-0.2, 0) is 10.0 Å². The Labute approximate surface area is 130 Å². The highest BCUT2D eigenvalue weighted by Crippen LogP contribution is 2.20. The van der Waals surface area contributed by atoms with E-state index in [4.69, 9.17) is 27.9 Å². The quantitative estimate of drug-likeness (QED) is 0.684. The first-order valence-electron chi connectivity index (χ1n) is 6.30. The molecule has 0 unspecified atom stereocenters. The number of nitrogens with zero attached hydrogens (tertiary/aromatic N) is 1. The van der Waals surface area contributed by atoms with Gasteiger partial charge < -0.3 is 4.74 Å². The molecule has 0 atom stereocenters. The maximum atomic E-state index is 12.4. The van der Waals surface area contributed by atoms with Crippen molar-refractivity contribution in [2.45, 2.75) is 24.8 Å². The van der Waals surface area contributed by atoms with Crippen molar-refractivity contribution in [3.05, 3.63) is 24.3 Å². The van der Waals surface area contributed by atoms with Crippen LogP contribution in [-0.4, -0.2) is 43.7 Å². The van der Waals surface area contributed by atoms with Gasteiger partial charge in [0.15, 0.2) is 0 Å². The number of benzene rings is 1. The molecule has 0 amide bonds. The average Bonchev–Trinajstić information content (AvgIpc) is 2.38. The summed E-state index contributed by atoms with van der Waals surface area (Å²) in [4.78, 5) is 0.212. The molecular weight excluding hydrogens is 321 g/mol. The van der Waals surface area contributed by atoms with Crippen LogP contribution in [0.5, 0.6) is 5.75 Å². The topological polar surface area (TPSA) is 46.6 Å². The molecule has 0 fully saturated rings. The summed E-state index contributed by atoms with van der Waals surface area (Å²) >= 11 is 11.3. The summed E-state index contributed by atoms with van der Waals surface area (Å²) in [5, 5.41) is 0. The second-order valence-electron chi connectivity index (χ2n) is 4.42. The van der Waals surface area contributed by atoms with E-state index in [2.05, 4.69) is 0 Å². The third-order valence-corrected chi connectivity index (χ3v) is 4.75. The van der Waals surface area contributed by atoms with Crippen LogP contribution < -0.4 is 4.74 Å². The summed E-state index contributed by atoms with van der Waals surface area (Å²) in [6, 6.07) is 6.35. The highest BCUT2D eigenvalue weighted by atomic mass is 35.5. The molecule has 114 valence electrons. The van der Waals surface area contributed by atoms with Crippen molar-refractivity contribution in [3.8, 4) is 5.75 Å². The molecule has 0 spiro atoms. The lowest BCUT2D eigenvalue weighted by Gasteiger charge is -2.20. The molecule has 0 aliphatic carbocycles. The molecule has 20 heavy (non-hydrogen) atoms. The van der Waals surface area contributed by atoms with Gasteiger partial charge in [0.2, 0.25) is 10.0 Å². The average molecular weight is 340 g/mol. The van der Waals surface area contributed by atoms with E-state index in [1.165, 1.54) is 16.4 Å². The Hall–Kier alpha value is -0.490. The van der Waals surface area contributed by atoms with E-state index in [9.17, 15) is 8.42 Å². The van der Waals surface area contributed by atoms with E-state index >= 15 is 0 Å². The Morgan fingerprint density at radius 2 is 1.60 bits per heavy atom. The van der Waals surface area contributed by atoms with Crippen LogP contribution in [0.4, 0.5) is 0 Å². The van der Waals surface area contributed by atoms with Crippen molar-refractivity contribution in [3.63, 3.8) is 0 Å². The number of hydrogen-bond donors (Lipinski definition) is 0. The molecule has 0 aliphatic rings. The molecule has 0 saturated heterocycles. The van der Waals surface area contributed by atoms with Gasteiger partial charge in [-0.25, -0.2) is 8.42 Å². The van der Waals surface area contributed by atoms with Gasteiger partial charge in [-0.05, 0) is 38.1 Å². The predicted molar refractivity (Wildman–Crippen MR) is 82.4 cm³/mol. The molecule has 0 bridgehead atoms. The third kappa shape index (κ3) is 4.81. The first-order chi connectivity index (χ1) is 9.41. The van der Waals surface area contributed by atoms with E-state index < -0.39 is 10.0 Å². The van der Waals surface area contributed by atoms with Gasteiger partial charge in [-0.1, -0.05) is 0 Å². The lowest BCUT2D eigenvalue weighted by atomic mass is 10.3. The van der Waals surface area contributed by atoms with Crippen LogP contribution >= 0.6 is 23.2 Å². The van der Waals surface area contributed by atoms with Crippen LogP contribution in [0.3, 0.4) is 0 Å². The minimum Gasteiger partial charge on any atom is -0.491 e. The Bertz CT molecular complexity index is 497. The lowest BCUT2D eigenvalue weighted by molar-refractivity contribution is 0.242. The van der Waals surface area contributed by atoms with Crippen molar-refractivity contribution in [2.75, 3.05) is 24.8 Å². The van der Waals surface area contributed by atoms with Crippen LogP contribution in [0, 0.1) is 0 Å². The zero-order valence-electron chi connectivity index (χ0n) is 11.6. The lowest BCUT2D eigenvalue weighted by Crippen LogP contribution is -2.34. The number of ether oxygens (including phenoxy) is 1. The Morgan fingerprint density at radius 3 is 2.00 bits per heavy atom. The highest BCUT2D eigenvalue weighted by Gasteiger charge is 2.23. The molecule has 0 aliphatic heterocycles. The van der Waals surface area contributed by atoms with Crippen LogP contribution in [0.15, 0.2) is 29.2 Å². The van der Waals surface area contributed by atoms with Crippen molar-refractivity contribution < 1.29 is 13.2 Å². The smallest absolute Gasteiger partial charge is 0.243 e. The fourth-order valence-electron chi connectivity index (χ4n) is 1.65. The number of hydrogen-bond acceptors (Lipinski definition) is 3. The van der Waals surface area contributed by atoms with Crippen molar-refractivity contribution in [2.24, 2.45) is 0 Å². The first kappa shape index (κ1) is 17.6. The molecule has 4 nitrogen and oxygen atoms in total. The number of halogens is 2. The molecule has 7 heteroatoms. The summed E-state index contributed by atoms with van der Waals surface area (Å²) in [7, 11) is -3.56. The monoisotopic (exact) mass is 339 g/mol. The van der Waals surface area contributed by atoms with Crippen LogP contribution in [0.2, 0.25) is 0 Å². The number of sulfonamides is 1. The summed E-state index contributed by atoms with van der Waals surface area (Å²) in [5.41, 5.74) is 0. The van der Waals surface area contributed by atoms with Crippen molar-refractivity contribution in [1.29, 1.82) is 0 Å². The van der Waals surface area contributed by atoms with Gasteiger partial charge in [-0.15, -0.1) is 23.2 Å². The maximum Gasteiger partial charge on any atom is 0.243 e. The molecule has 0 N–H and O–H groups in total. The van der Waals surface area contributed by atoms with E-state index in [0.29, 0.717) is 5.75 Å². The van der Waals surface area contributed by atoms with Crippen molar-refractivity contribution >= 4 is 33.2 Å². The Kier molecular flexibility index (Phi) is 7.09. The van der Waals surface area contributed by atoms with Crippen LogP contribution in [0.25, 0.3) is 0 Å². The van der Waals surface area contributed by atoms with Gasteiger partial charge in [-0.2, -0.15) is 4.31 Å². The van der Waals surface area contributed by atoms with Crippen LogP contribution in [0.1, 0.15) is 13.8 Å². The molecular formula is C13H19Cl2NO3S. The SMILES string of the molecule is CC(C)Oc1ccc(S(=O)(=O)N(CCCl)CCCl)cc1. The van der Waals surface area contributed by atoms with Gasteiger partial charge in [0.25, 0.3) is 0 Å². The Balaban J connectivity index is 2.96. The van der Waals surface area contributed by atoms with E-state index in [1.807, 2.05) is 13.8 Å². The fraction of sp³-hybridized carbons (Fsp3) is 0.538. The summed E-state index contributed by atoms with van der Waals surface area (Å²) in [6.45, 7) is 4.29. The molecule has 1 aromatic carbocycles. The minimum absolute atomic E-state index is 0.0430. The zero-order valence-corrected chi connectivity index (χ0v) is 13.9. The predicted octanol–water partition coefficient (Wildman–Crippen LogP) is 2.94. The fourth-order valence-corrected chi connectivity index (χ4v) is 3.70. The number of alkyl halides is 2. The van der Waals surface area contributed by atoms with E-state index in [0.717, 1.165) is 0 Å². The van der Waals surface area contributed by atoms with E-state index in [-0.39, 0.29) is 35.8 Å². The summed E-state index contributed by atoms with van der Waals surface area (Å²) < 4.78 is 31.6. The second-order valence-corrected chi connectivity index (χ2v) is 7.11. The van der Waals surface area contributed by atoms with Gasteiger partial charge >= 0.3 is 0 Å². The normalized spacial score (nSPS) is 12.1. The molecule has 0 radical (unpaired) electrons. The van der Waals surface area contributed by atoms with Gasteiger partial charge in [0.05, 0.1) is 11.0 Å². The highest BCUT2D eigenvalue weighted by molar-refractivity contribution is 7.89. The summed E-state index contributed by atoms with van der Waals surface area (Å²) in [6.07, 6.45) is 0.0430. The molecule has 0 saturated carbocycles. The molecule has 1 rings (SSSR count). The zero-order chi connectivity index (χ0) is 15.2. The maximum absolute atomic E-state index is 12.4. The van der Waals surface area contributed by atoms with Gasteiger partial charge in [0, 0.05) is 24.8 Å². The van der Waals surface area contributed by atoms with Crippen molar-refractivity contribution in [1.82, 2.24) is 4.31 Å². The molecule has 1 aromatic rings. The minimum atomic E-state index is -3.56. The van der Waals surface area contributed by atoms with Gasteiger partial charge in [-0.3, -0.25) is 0 Å². The molecule has 0 aromatic heterocycles. The van der Waals surface area contributed by atoms with Gasteiger partial charge in [0.1, 0.15) is 5.75 Å². The standard InChI is InChI=1S/C13H19Cl2NO3S/c1-11(2)19-12-3-5-13(6-4-12)20(17,18)16(9-7-14)10-8-15/h3-6,11H,7-10H2,1-2H3.